The minimum Gasteiger partial charge on any atom is -0.477 e. The molecule has 0 fully saturated rings. The number of aromatic nitrogens is 1. The number of hydrogen-bond acceptors (Lipinski definition) is 3. The van der Waals surface area contributed by atoms with E-state index in [4.69, 9.17) is 9.84 Å². The summed E-state index contributed by atoms with van der Waals surface area (Å²) < 4.78 is 19.5. The lowest BCUT2D eigenvalue weighted by molar-refractivity contribution is 0.0693. The summed E-state index contributed by atoms with van der Waals surface area (Å²) in [7, 11) is 0. The normalized spacial score (nSPS) is 10.3. The second kappa shape index (κ2) is 5.36. The van der Waals surface area contributed by atoms with Gasteiger partial charge in [0, 0.05) is 22.4 Å². The predicted molar refractivity (Wildman–Crippen MR) is 70.1 cm³/mol. The summed E-state index contributed by atoms with van der Waals surface area (Å²) in [6.07, 6.45) is 1.18. The Morgan fingerprint density at radius 1 is 1.37 bits per heavy atom. The molecule has 1 aromatic heterocycles. The summed E-state index contributed by atoms with van der Waals surface area (Å²) >= 11 is 3.13. The molecule has 0 saturated carbocycles. The number of aryl methyl sites for hydroxylation is 1. The highest BCUT2D eigenvalue weighted by Gasteiger charge is 2.15. The molecule has 0 spiro atoms. The maximum Gasteiger partial charge on any atom is 0.341 e. The van der Waals surface area contributed by atoms with Crippen molar-refractivity contribution in [2.24, 2.45) is 0 Å². The van der Waals surface area contributed by atoms with Gasteiger partial charge in [0.05, 0.1) is 0 Å². The molecule has 0 atom stereocenters. The predicted octanol–water partition coefficient (Wildman–Crippen LogP) is 3.78. The van der Waals surface area contributed by atoms with Crippen LogP contribution in [-0.2, 0) is 0 Å². The van der Waals surface area contributed by atoms with Crippen LogP contribution in [0.15, 0.2) is 34.9 Å². The van der Waals surface area contributed by atoms with Crippen LogP contribution in [0.2, 0.25) is 0 Å². The van der Waals surface area contributed by atoms with Crippen LogP contribution in [0.25, 0.3) is 0 Å². The Morgan fingerprint density at radius 2 is 2.11 bits per heavy atom. The van der Waals surface area contributed by atoms with Crippen molar-refractivity contribution >= 4 is 21.9 Å². The number of ether oxygens (including phenoxy) is 1. The Balaban J connectivity index is 2.42. The molecule has 0 amide bonds. The van der Waals surface area contributed by atoms with E-state index in [9.17, 15) is 9.18 Å². The van der Waals surface area contributed by atoms with E-state index in [1.54, 1.807) is 13.0 Å². The first-order valence-corrected chi connectivity index (χ1v) is 6.09. The molecule has 0 aliphatic carbocycles. The van der Waals surface area contributed by atoms with Gasteiger partial charge in [-0.3, -0.25) is 4.98 Å². The van der Waals surface area contributed by atoms with Crippen molar-refractivity contribution < 1.29 is 19.0 Å². The second-order valence-electron chi connectivity index (χ2n) is 3.80. The summed E-state index contributed by atoms with van der Waals surface area (Å²) in [6, 6.07) is 5.71. The Bertz CT molecular complexity index is 646. The lowest BCUT2D eigenvalue weighted by Gasteiger charge is -2.10. The topological polar surface area (TPSA) is 59.4 Å². The number of rotatable bonds is 3. The smallest absolute Gasteiger partial charge is 0.341 e. The van der Waals surface area contributed by atoms with Gasteiger partial charge in [-0.15, -0.1) is 0 Å². The lowest BCUT2D eigenvalue weighted by Crippen LogP contribution is -2.02. The van der Waals surface area contributed by atoms with Crippen LogP contribution >= 0.6 is 15.9 Å². The molecule has 6 heteroatoms. The molecule has 4 nitrogen and oxygen atoms in total. The summed E-state index contributed by atoms with van der Waals surface area (Å²) in [5, 5.41) is 9.03. The SMILES string of the molecule is Cc1cc(Oc2ccc(Br)cc2F)c(C(=O)O)cn1. The maximum atomic E-state index is 13.7. The molecule has 1 N–H and O–H groups in total. The minimum absolute atomic E-state index is 0.0451. The molecule has 1 heterocycles. The Morgan fingerprint density at radius 3 is 2.74 bits per heavy atom. The van der Waals surface area contributed by atoms with Gasteiger partial charge in [-0.2, -0.15) is 0 Å². The van der Waals surface area contributed by atoms with E-state index in [1.165, 1.54) is 24.4 Å². The fraction of sp³-hybridized carbons (Fsp3) is 0.0769. The fourth-order valence-corrected chi connectivity index (χ4v) is 1.79. The van der Waals surface area contributed by atoms with Gasteiger partial charge in [-0.05, 0) is 25.1 Å². The number of hydrogen-bond donors (Lipinski definition) is 1. The average Bonchev–Trinajstić information content (AvgIpc) is 2.32. The van der Waals surface area contributed by atoms with Gasteiger partial charge in [0.1, 0.15) is 11.3 Å². The van der Waals surface area contributed by atoms with E-state index in [0.29, 0.717) is 10.2 Å². The number of benzene rings is 1. The molecule has 1 aromatic carbocycles. The van der Waals surface area contributed by atoms with Gasteiger partial charge in [-0.1, -0.05) is 15.9 Å². The highest BCUT2D eigenvalue weighted by Crippen LogP contribution is 2.29. The fourth-order valence-electron chi connectivity index (χ4n) is 1.46. The third-order valence-electron chi connectivity index (χ3n) is 2.35. The van der Waals surface area contributed by atoms with Crippen molar-refractivity contribution in [3.63, 3.8) is 0 Å². The summed E-state index contributed by atoms with van der Waals surface area (Å²) in [5.41, 5.74) is 0.463. The standard InChI is InChI=1S/C13H9BrFNO3/c1-7-4-12(9(6-16-7)13(17)18)19-11-3-2-8(14)5-10(11)15/h2-6H,1H3,(H,17,18). The molecule has 0 unspecified atom stereocenters. The molecule has 0 aliphatic rings. The van der Waals surface area contributed by atoms with E-state index in [2.05, 4.69) is 20.9 Å². The first-order chi connectivity index (χ1) is 8.97. The summed E-state index contributed by atoms with van der Waals surface area (Å²) in [4.78, 5) is 14.9. The first-order valence-electron chi connectivity index (χ1n) is 5.30. The van der Waals surface area contributed by atoms with Crippen molar-refractivity contribution in [1.82, 2.24) is 4.98 Å². The zero-order valence-corrected chi connectivity index (χ0v) is 11.4. The van der Waals surface area contributed by atoms with Gasteiger partial charge in [0.2, 0.25) is 0 Å². The zero-order valence-electron chi connectivity index (χ0n) is 9.85. The largest absolute Gasteiger partial charge is 0.477 e. The Labute approximate surface area is 117 Å². The van der Waals surface area contributed by atoms with Crippen molar-refractivity contribution in [3.8, 4) is 11.5 Å². The molecule has 0 bridgehead atoms. The monoisotopic (exact) mass is 325 g/mol. The van der Waals surface area contributed by atoms with Crippen molar-refractivity contribution in [2.45, 2.75) is 6.92 Å². The van der Waals surface area contributed by atoms with Gasteiger partial charge in [-0.25, -0.2) is 9.18 Å². The third kappa shape index (κ3) is 3.08. The van der Waals surface area contributed by atoms with Crippen molar-refractivity contribution in [1.29, 1.82) is 0 Å². The first kappa shape index (κ1) is 13.5. The number of carbonyl (C=O) groups is 1. The summed E-state index contributed by atoms with van der Waals surface area (Å²) in [6.45, 7) is 1.69. The molecule has 98 valence electrons. The van der Waals surface area contributed by atoms with Crippen molar-refractivity contribution in [2.75, 3.05) is 0 Å². The molecule has 19 heavy (non-hydrogen) atoms. The molecule has 0 saturated heterocycles. The number of nitrogens with zero attached hydrogens (tertiary/aromatic N) is 1. The van der Waals surface area contributed by atoms with Gasteiger partial charge >= 0.3 is 5.97 Å². The molecule has 2 aromatic rings. The lowest BCUT2D eigenvalue weighted by atomic mass is 10.2. The minimum atomic E-state index is -1.18. The number of halogens is 2. The van der Waals surface area contributed by atoms with Crippen LogP contribution < -0.4 is 4.74 Å². The molecular weight excluding hydrogens is 317 g/mol. The van der Waals surface area contributed by atoms with Crippen LogP contribution in [0.5, 0.6) is 11.5 Å². The highest BCUT2D eigenvalue weighted by atomic mass is 79.9. The molecule has 2 rings (SSSR count). The Kier molecular flexibility index (Phi) is 3.80. The van der Waals surface area contributed by atoms with E-state index >= 15 is 0 Å². The van der Waals surface area contributed by atoms with E-state index in [0.717, 1.165) is 0 Å². The average molecular weight is 326 g/mol. The summed E-state index contributed by atoms with van der Waals surface area (Å²) in [5.74, 6) is -1.75. The Hall–Kier alpha value is -1.95. The quantitative estimate of drug-likeness (QED) is 0.932. The van der Waals surface area contributed by atoms with Crippen LogP contribution in [0.4, 0.5) is 4.39 Å². The van der Waals surface area contributed by atoms with Gasteiger partial charge in [0.15, 0.2) is 11.6 Å². The van der Waals surface area contributed by atoms with Gasteiger partial charge in [0.25, 0.3) is 0 Å². The number of carboxylic acid groups (broad SMARTS) is 1. The van der Waals surface area contributed by atoms with Crippen LogP contribution in [-0.4, -0.2) is 16.1 Å². The van der Waals surface area contributed by atoms with E-state index in [1.807, 2.05) is 0 Å². The number of pyridine rings is 1. The van der Waals surface area contributed by atoms with Crippen LogP contribution in [0.3, 0.4) is 0 Å². The second-order valence-corrected chi connectivity index (χ2v) is 4.72. The molecule has 0 radical (unpaired) electrons. The zero-order chi connectivity index (χ0) is 14.0. The third-order valence-corrected chi connectivity index (χ3v) is 2.84. The van der Waals surface area contributed by atoms with Crippen LogP contribution in [0.1, 0.15) is 16.1 Å². The van der Waals surface area contributed by atoms with Crippen molar-refractivity contribution in [3.05, 3.63) is 52.0 Å². The van der Waals surface area contributed by atoms with E-state index in [-0.39, 0.29) is 17.1 Å². The highest BCUT2D eigenvalue weighted by molar-refractivity contribution is 9.10. The molecule has 0 aliphatic heterocycles. The number of aromatic carboxylic acids is 1. The van der Waals surface area contributed by atoms with E-state index < -0.39 is 11.8 Å². The maximum absolute atomic E-state index is 13.7. The van der Waals surface area contributed by atoms with Crippen LogP contribution in [0, 0.1) is 12.7 Å². The van der Waals surface area contributed by atoms with Gasteiger partial charge < -0.3 is 9.84 Å². The number of carboxylic acids is 1. The molecular formula is C13H9BrFNO3.